The lowest BCUT2D eigenvalue weighted by molar-refractivity contribution is -0.136. The zero-order chi connectivity index (χ0) is 23.5. The highest BCUT2D eigenvalue weighted by atomic mass is 19.1. The number of hydrogen-bond acceptors (Lipinski definition) is 6. The average molecular weight is 444 g/mol. The molecule has 0 aliphatic carbocycles. The largest absolute Gasteiger partial charge is 0.482 e. The summed E-state index contributed by atoms with van der Waals surface area (Å²) in [6.45, 7) is 3.68. The number of esters is 1. The van der Waals surface area contributed by atoms with E-state index in [1.807, 2.05) is 26.0 Å². The molecule has 0 bridgehead atoms. The Bertz CT molecular complexity index is 1310. The van der Waals surface area contributed by atoms with Gasteiger partial charge in [0.15, 0.2) is 6.61 Å². The van der Waals surface area contributed by atoms with Crippen LogP contribution in [0.4, 0.5) is 4.39 Å². The number of halogens is 1. The summed E-state index contributed by atoms with van der Waals surface area (Å²) in [6, 6.07) is 18.3. The molecule has 1 unspecified atom stereocenters. The molecule has 0 aromatic heterocycles. The molecule has 1 atom stereocenters. The molecular formula is C26H21FN2O4. The molecule has 2 N–H and O–H groups in total. The third kappa shape index (κ3) is 4.65. The predicted octanol–water partition coefficient (Wildman–Crippen LogP) is 4.65. The molecule has 0 radical (unpaired) electrons. The first-order chi connectivity index (χ1) is 15.9. The number of aryl methyl sites for hydroxylation is 2. The van der Waals surface area contributed by atoms with E-state index in [9.17, 15) is 14.4 Å². The number of nitriles is 1. The van der Waals surface area contributed by atoms with Crippen LogP contribution in [0.15, 0.2) is 72.1 Å². The molecule has 0 saturated heterocycles. The zero-order valence-corrected chi connectivity index (χ0v) is 18.1. The Kier molecular flexibility index (Phi) is 6.01. The number of benzene rings is 3. The fraction of sp³-hybridized carbons (Fsp3) is 0.154. The van der Waals surface area contributed by atoms with Gasteiger partial charge in [-0.1, -0.05) is 24.3 Å². The van der Waals surface area contributed by atoms with E-state index in [-0.39, 0.29) is 23.8 Å². The van der Waals surface area contributed by atoms with E-state index in [1.54, 1.807) is 30.3 Å². The molecule has 1 heterocycles. The van der Waals surface area contributed by atoms with E-state index in [0.29, 0.717) is 22.6 Å². The topological polar surface area (TPSA) is 94.6 Å². The van der Waals surface area contributed by atoms with Gasteiger partial charge in [-0.05, 0) is 60.9 Å². The molecule has 0 saturated carbocycles. The minimum absolute atomic E-state index is 0.0826. The predicted molar refractivity (Wildman–Crippen MR) is 119 cm³/mol. The Hall–Kier alpha value is -4.31. The van der Waals surface area contributed by atoms with Crippen molar-refractivity contribution >= 4 is 5.97 Å². The lowest BCUT2D eigenvalue weighted by Crippen LogP contribution is -2.21. The van der Waals surface area contributed by atoms with Crippen molar-refractivity contribution < 1.29 is 23.4 Å². The van der Waals surface area contributed by atoms with Gasteiger partial charge in [0.2, 0.25) is 5.88 Å². The lowest BCUT2D eigenvalue weighted by Gasteiger charge is -2.26. The van der Waals surface area contributed by atoms with Crippen LogP contribution in [0.25, 0.3) is 0 Å². The van der Waals surface area contributed by atoms with Crippen LogP contribution >= 0.6 is 0 Å². The number of carbonyl (C=O) groups excluding carboxylic acids is 1. The lowest BCUT2D eigenvalue weighted by atomic mass is 9.83. The Balaban J connectivity index is 1.53. The SMILES string of the molecule is Cc1ccc(OCC(=O)Oc2ccc3c(c2)OC(N)=C(C#N)C3c2cccc(F)c2)cc1C. The normalized spacial score (nSPS) is 14.7. The van der Waals surface area contributed by atoms with Gasteiger partial charge in [-0.3, -0.25) is 0 Å². The molecule has 4 rings (SSSR count). The van der Waals surface area contributed by atoms with Gasteiger partial charge in [0, 0.05) is 11.6 Å². The van der Waals surface area contributed by atoms with Crippen molar-refractivity contribution in [2.24, 2.45) is 5.73 Å². The van der Waals surface area contributed by atoms with E-state index < -0.39 is 17.7 Å². The fourth-order valence-corrected chi connectivity index (χ4v) is 3.64. The quantitative estimate of drug-likeness (QED) is 0.455. The molecule has 1 aliphatic heterocycles. The van der Waals surface area contributed by atoms with Crippen LogP contribution in [-0.4, -0.2) is 12.6 Å². The van der Waals surface area contributed by atoms with Gasteiger partial charge in [-0.15, -0.1) is 0 Å². The number of rotatable bonds is 5. The maximum atomic E-state index is 13.8. The maximum Gasteiger partial charge on any atom is 0.349 e. The molecule has 3 aromatic rings. The summed E-state index contributed by atoms with van der Waals surface area (Å²) in [5.74, 6) is -0.579. The first-order valence-electron chi connectivity index (χ1n) is 10.2. The van der Waals surface area contributed by atoms with Crippen LogP contribution < -0.4 is 19.9 Å². The van der Waals surface area contributed by atoms with Crippen LogP contribution in [0.2, 0.25) is 0 Å². The average Bonchev–Trinajstić information content (AvgIpc) is 2.79. The van der Waals surface area contributed by atoms with Gasteiger partial charge in [0.1, 0.15) is 34.7 Å². The van der Waals surface area contributed by atoms with E-state index in [2.05, 4.69) is 6.07 Å². The molecule has 0 spiro atoms. The molecule has 6 nitrogen and oxygen atoms in total. The van der Waals surface area contributed by atoms with Crippen molar-refractivity contribution in [2.75, 3.05) is 6.61 Å². The Morgan fingerprint density at radius 1 is 1.09 bits per heavy atom. The summed E-state index contributed by atoms with van der Waals surface area (Å²) in [5.41, 5.74) is 9.51. The summed E-state index contributed by atoms with van der Waals surface area (Å²) < 4.78 is 30.3. The van der Waals surface area contributed by atoms with E-state index in [1.165, 1.54) is 18.2 Å². The van der Waals surface area contributed by atoms with Gasteiger partial charge in [0.25, 0.3) is 0 Å². The van der Waals surface area contributed by atoms with E-state index >= 15 is 0 Å². The Morgan fingerprint density at radius 3 is 2.61 bits per heavy atom. The van der Waals surface area contributed by atoms with Crippen LogP contribution in [0.3, 0.4) is 0 Å². The second-order valence-corrected chi connectivity index (χ2v) is 7.69. The minimum Gasteiger partial charge on any atom is -0.482 e. The maximum absolute atomic E-state index is 13.8. The number of allylic oxidation sites excluding steroid dienone is 1. The van der Waals surface area contributed by atoms with E-state index in [0.717, 1.165) is 11.1 Å². The fourth-order valence-electron chi connectivity index (χ4n) is 3.64. The number of hydrogen-bond donors (Lipinski definition) is 1. The summed E-state index contributed by atoms with van der Waals surface area (Å²) >= 11 is 0. The summed E-state index contributed by atoms with van der Waals surface area (Å²) in [7, 11) is 0. The second-order valence-electron chi connectivity index (χ2n) is 7.69. The number of nitrogens with two attached hydrogens (primary N) is 1. The van der Waals surface area contributed by atoms with Gasteiger partial charge < -0.3 is 19.9 Å². The molecule has 1 aliphatic rings. The molecule has 0 amide bonds. The number of ether oxygens (including phenoxy) is 3. The van der Waals surface area contributed by atoms with Gasteiger partial charge in [-0.2, -0.15) is 5.26 Å². The van der Waals surface area contributed by atoms with Crippen LogP contribution in [0.5, 0.6) is 17.2 Å². The Morgan fingerprint density at radius 2 is 1.88 bits per heavy atom. The third-order valence-electron chi connectivity index (χ3n) is 5.44. The van der Waals surface area contributed by atoms with Crippen LogP contribution in [0.1, 0.15) is 28.2 Å². The molecule has 0 fully saturated rings. The van der Waals surface area contributed by atoms with Crippen molar-refractivity contribution in [3.63, 3.8) is 0 Å². The first kappa shape index (κ1) is 21.9. The van der Waals surface area contributed by atoms with Crippen molar-refractivity contribution in [1.82, 2.24) is 0 Å². The number of fused-ring (bicyclic) bond motifs is 1. The summed E-state index contributed by atoms with van der Waals surface area (Å²) in [5, 5.41) is 9.60. The minimum atomic E-state index is -0.604. The molecular weight excluding hydrogens is 423 g/mol. The monoisotopic (exact) mass is 444 g/mol. The molecule has 7 heteroatoms. The van der Waals surface area contributed by atoms with E-state index in [4.69, 9.17) is 19.9 Å². The number of carbonyl (C=O) groups is 1. The highest BCUT2D eigenvalue weighted by Crippen LogP contribution is 2.43. The summed E-state index contributed by atoms with van der Waals surface area (Å²) in [6.07, 6.45) is 0. The highest BCUT2D eigenvalue weighted by molar-refractivity contribution is 5.74. The Labute approximate surface area is 190 Å². The molecule has 33 heavy (non-hydrogen) atoms. The summed E-state index contributed by atoms with van der Waals surface area (Å²) in [4.78, 5) is 12.3. The van der Waals surface area contributed by atoms with Gasteiger partial charge in [0.05, 0.1) is 5.92 Å². The van der Waals surface area contributed by atoms with Crippen LogP contribution in [-0.2, 0) is 4.79 Å². The standard InChI is InChI=1S/C26H21FN2O4/c1-15-6-7-19(10-16(15)2)31-14-24(30)32-20-8-9-21-23(12-20)33-26(29)22(13-28)25(21)17-4-3-5-18(27)11-17/h3-12,25H,14,29H2,1-2H3. The van der Waals surface area contributed by atoms with Crippen molar-refractivity contribution in [1.29, 1.82) is 5.26 Å². The second kappa shape index (κ2) is 9.05. The highest BCUT2D eigenvalue weighted by Gasteiger charge is 2.31. The van der Waals surface area contributed by atoms with Crippen molar-refractivity contribution in [3.05, 3.63) is 100 Å². The van der Waals surface area contributed by atoms with Crippen molar-refractivity contribution in [3.8, 4) is 23.3 Å². The van der Waals surface area contributed by atoms with Crippen LogP contribution in [0, 0.1) is 31.0 Å². The van der Waals surface area contributed by atoms with Gasteiger partial charge in [-0.25, -0.2) is 9.18 Å². The zero-order valence-electron chi connectivity index (χ0n) is 18.1. The molecule has 166 valence electrons. The molecule has 3 aromatic carbocycles. The van der Waals surface area contributed by atoms with Crippen molar-refractivity contribution in [2.45, 2.75) is 19.8 Å². The van der Waals surface area contributed by atoms with Gasteiger partial charge >= 0.3 is 5.97 Å². The third-order valence-corrected chi connectivity index (χ3v) is 5.44. The smallest absolute Gasteiger partial charge is 0.349 e. The number of nitrogens with zero attached hydrogens (tertiary/aromatic N) is 1. The first-order valence-corrected chi connectivity index (χ1v) is 10.2.